The van der Waals surface area contributed by atoms with Crippen molar-refractivity contribution in [3.8, 4) is 17.3 Å². The maximum Gasteiger partial charge on any atom is 0.417 e. The number of alkyl halides is 3. The van der Waals surface area contributed by atoms with Gasteiger partial charge in [-0.05, 0) is 44.6 Å². The fourth-order valence-electron chi connectivity index (χ4n) is 5.35. The van der Waals surface area contributed by atoms with E-state index in [9.17, 15) is 32.8 Å². The average molecular weight is 646 g/mol. The number of primary amides is 2. The Hall–Kier alpha value is -5.22. The molecule has 0 spiro atoms. The Morgan fingerprint density at radius 2 is 1.87 bits per heavy atom. The number of aromatic amines is 1. The Bertz CT molecular complexity index is 1630. The Labute approximate surface area is 260 Å². The van der Waals surface area contributed by atoms with Gasteiger partial charge in [-0.2, -0.15) is 18.4 Å². The van der Waals surface area contributed by atoms with Gasteiger partial charge in [0.2, 0.25) is 11.9 Å². The van der Waals surface area contributed by atoms with Gasteiger partial charge >= 0.3 is 18.2 Å². The first-order valence-corrected chi connectivity index (χ1v) is 14.2. The second-order valence-corrected chi connectivity index (χ2v) is 10.9. The van der Waals surface area contributed by atoms with E-state index in [1.54, 1.807) is 4.90 Å². The van der Waals surface area contributed by atoms with E-state index in [0.717, 1.165) is 17.3 Å². The van der Waals surface area contributed by atoms with Gasteiger partial charge in [-0.3, -0.25) is 14.8 Å². The minimum absolute atomic E-state index is 0.0435. The Morgan fingerprint density at radius 1 is 1.17 bits per heavy atom. The third-order valence-corrected chi connectivity index (χ3v) is 7.97. The molecular weight excluding hydrogens is 611 g/mol. The minimum Gasteiger partial charge on any atom is -0.351 e. The molecule has 0 aromatic carbocycles. The highest BCUT2D eigenvalue weighted by atomic mass is 19.4. The molecule has 1 aliphatic heterocycles. The number of hydrazine groups is 2. The standard InChI is InChI=1S/C27H34F3N13O3/c1-14(15-4-7-41(8-5-15)23(44)20(43(35)25(33)46)3-2-6-42(34)24(32)45)39-26-38-11-16(10-31)21(40-26)19-13-37-22-18(19)9-17(12-36-22)27(28,29)30/h9,11-15,20H,2-8,34-35H2,1H3,(H2,32,45)(H2,33,46)(H,36,37)(H,38,39,40)/t14-,20-/m1/s1. The average Bonchev–Trinajstić information content (AvgIpc) is 3.45. The van der Waals surface area contributed by atoms with Crippen LogP contribution in [-0.4, -0.2) is 84.5 Å². The quantitative estimate of drug-likeness (QED) is 0.105. The number of urea groups is 2. The molecule has 1 fully saturated rings. The number of likely N-dealkylation sites (tertiary alicyclic amines) is 1. The maximum absolute atomic E-state index is 13.4. The zero-order valence-corrected chi connectivity index (χ0v) is 24.8. The van der Waals surface area contributed by atoms with Gasteiger partial charge in [0.05, 0.1) is 23.0 Å². The van der Waals surface area contributed by atoms with Crippen LogP contribution in [0.3, 0.4) is 0 Å². The zero-order chi connectivity index (χ0) is 33.8. The predicted molar refractivity (Wildman–Crippen MR) is 158 cm³/mol. The van der Waals surface area contributed by atoms with E-state index in [4.69, 9.17) is 23.2 Å². The second kappa shape index (κ2) is 13.8. The summed E-state index contributed by atoms with van der Waals surface area (Å²) in [6, 6.07) is -0.161. The number of anilines is 1. The second-order valence-electron chi connectivity index (χ2n) is 10.9. The molecule has 1 saturated heterocycles. The van der Waals surface area contributed by atoms with Gasteiger partial charge in [0.1, 0.15) is 17.8 Å². The number of fused-ring (bicyclic) bond motifs is 1. The van der Waals surface area contributed by atoms with Crippen molar-refractivity contribution in [1.82, 2.24) is 34.9 Å². The van der Waals surface area contributed by atoms with Crippen LogP contribution in [0, 0.1) is 17.2 Å². The van der Waals surface area contributed by atoms with Crippen LogP contribution in [0.25, 0.3) is 22.3 Å². The zero-order valence-electron chi connectivity index (χ0n) is 24.8. The van der Waals surface area contributed by atoms with Crippen LogP contribution in [0.15, 0.2) is 24.7 Å². The van der Waals surface area contributed by atoms with Crippen molar-refractivity contribution >= 4 is 35.0 Å². The number of halogens is 3. The van der Waals surface area contributed by atoms with Crippen molar-refractivity contribution in [2.45, 2.75) is 50.9 Å². The number of carbonyl (C=O) groups excluding carboxylic acids is 3. The first-order chi connectivity index (χ1) is 21.7. The molecule has 19 heteroatoms. The molecule has 2 atom stereocenters. The summed E-state index contributed by atoms with van der Waals surface area (Å²) in [6.45, 7) is 2.66. The number of amides is 5. The number of carbonyl (C=O) groups is 3. The number of nitrogens with two attached hydrogens (primary N) is 4. The highest BCUT2D eigenvalue weighted by molar-refractivity contribution is 5.94. The Morgan fingerprint density at radius 3 is 2.48 bits per heavy atom. The summed E-state index contributed by atoms with van der Waals surface area (Å²) in [5, 5.41) is 14.5. The molecule has 5 amide bonds. The van der Waals surface area contributed by atoms with E-state index >= 15 is 0 Å². The molecule has 4 rings (SSSR count). The first kappa shape index (κ1) is 33.7. The van der Waals surface area contributed by atoms with Crippen molar-refractivity contribution in [2.75, 3.05) is 25.0 Å². The predicted octanol–water partition coefficient (Wildman–Crippen LogP) is 1.61. The van der Waals surface area contributed by atoms with Gasteiger partial charge in [0, 0.05) is 49.0 Å². The first-order valence-electron chi connectivity index (χ1n) is 14.2. The third-order valence-electron chi connectivity index (χ3n) is 7.97. The summed E-state index contributed by atoms with van der Waals surface area (Å²) in [5.41, 5.74) is 10.2. The van der Waals surface area contributed by atoms with E-state index in [0.29, 0.717) is 30.9 Å². The Balaban J connectivity index is 1.43. The Kier molecular flexibility index (Phi) is 10.1. The van der Waals surface area contributed by atoms with Gasteiger partial charge in [-0.15, -0.1) is 0 Å². The molecule has 1 aliphatic rings. The fraction of sp³-hybridized carbons (Fsp3) is 0.444. The highest BCUT2D eigenvalue weighted by Crippen LogP contribution is 2.35. The normalized spacial score (nSPS) is 15.2. The van der Waals surface area contributed by atoms with Crippen LogP contribution in [0.5, 0.6) is 0 Å². The molecule has 3 aromatic rings. The van der Waals surface area contributed by atoms with E-state index in [2.05, 4.69) is 25.3 Å². The molecule has 10 N–H and O–H groups in total. The number of rotatable bonds is 10. The largest absolute Gasteiger partial charge is 0.417 e. The number of nitrogens with zero attached hydrogens (tertiary/aromatic N) is 7. The number of hydrogen-bond donors (Lipinski definition) is 6. The number of pyridine rings is 1. The SMILES string of the molecule is C[C@@H](Nc1ncc(C#N)c(-c2c[nH]c3ncc(C(F)(F)F)cc23)n1)C1CCN(C(=O)[C@@H](CCCN(N)C(N)=O)N(N)C(N)=O)CC1. The lowest BCUT2D eigenvalue weighted by Gasteiger charge is -2.38. The van der Waals surface area contributed by atoms with E-state index in [1.807, 2.05) is 13.0 Å². The molecule has 4 heterocycles. The number of H-pyrrole nitrogens is 1. The molecule has 0 saturated carbocycles. The van der Waals surface area contributed by atoms with Gasteiger partial charge in [0.25, 0.3) is 0 Å². The molecular formula is C27H34F3N13O3. The maximum atomic E-state index is 13.4. The number of nitriles is 1. The van der Waals surface area contributed by atoms with Gasteiger partial charge in [-0.25, -0.2) is 36.2 Å². The molecule has 3 aromatic heterocycles. The van der Waals surface area contributed by atoms with Crippen LogP contribution in [-0.2, 0) is 11.0 Å². The van der Waals surface area contributed by atoms with Gasteiger partial charge < -0.3 is 26.7 Å². The van der Waals surface area contributed by atoms with Crippen molar-refractivity contribution in [2.24, 2.45) is 29.1 Å². The van der Waals surface area contributed by atoms with Crippen molar-refractivity contribution < 1.29 is 27.6 Å². The lowest BCUT2D eigenvalue weighted by molar-refractivity contribution is -0.138. The van der Waals surface area contributed by atoms with Crippen LogP contribution >= 0.6 is 0 Å². The summed E-state index contributed by atoms with van der Waals surface area (Å²) in [7, 11) is 0. The summed E-state index contributed by atoms with van der Waals surface area (Å²) in [5.74, 6) is 11.1. The number of nitrogens with one attached hydrogen (secondary N) is 2. The van der Waals surface area contributed by atoms with Crippen LogP contribution in [0.1, 0.15) is 43.7 Å². The number of piperidine rings is 1. The van der Waals surface area contributed by atoms with Gasteiger partial charge in [0.15, 0.2) is 0 Å². The smallest absolute Gasteiger partial charge is 0.351 e. The summed E-state index contributed by atoms with van der Waals surface area (Å²) in [6.07, 6.45) is 0.340. The number of aromatic nitrogens is 4. The molecule has 0 radical (unpaired) electrons. The van der Waals surface area contributed by atoms with E-state index < -0.39 is 35.8 Å². The molecule has 0 aliphatic carbocycles. The minimum atomic E-state index is -4.60. The van der Waals surface area contributed by atoms with Crippen LogP contribution in [0.2, 0.25) is 0 Å². The monoisotopic (exact) mass is 645 g/mol. The summed E-state index contributed by atoms with van der Waals surface area (Å²) >= 11 is 0. The van der Waals surface area contributed by atoms with Crippen LogP contribution < -0.4 is 28.5 Å². The molecule has 46 heavy (non-hydrogen) atoms. The van der Waals surface area contributed by atoms with E-state index in [-0.39, 0.29) is 65.1 Å². The molecule has 0 unspecified atom stereocenters. The lowest BCUT2D eigenvalue weighted by atomic mass is 9.90. The van der Waals surface area contributed by atoms with Gasteiger partial charge in [-0.1, -0.05) is 0 Å². The highest BCUT2D eigenvalue weighted by Gasteiger charge is 2.34. The topological polar surface area (TPSA) is 255 Å². The molecule has 16 nitrogen and oxygen atoms in total. The van der Waals surface area contributed by atoms with Crippen molar-refractivity contribution in [3.63, 3.8) is 0 Å². The van der Waals surface area contributed by atoms with Crippen LogP contribution in [0.4, 0.5) is 28.7 Å². The third kappa shape index (κ3) is 7.52. The molecule has 246 valence electrons. The van der Waals surface area contributed by atoms with Crippen molar-refractivity contribution in [3.05, 3.63) is 35.8 Å². The summed E-state index contributed by atoms with van der Waals surface area (Å²) < 4.78 is 40.1. The lowest BCUT2D eigenvalue weighted by Crippen LogP contribution is -2.57. The van der Waals surface area contributed by atoms with E-state index in [1.165, 1.54) is 12.4 Å². The summed E-state index contributed by atoms with van der Waals surface area (Å²) in [4.78, 5) is 53.2. The fourth-order valence-corrected chi connectivity index (χ4v) is 5.35. The van der Waals surface area contributed by atoms with Crippen molar-refractivity contribution in [1.29, 1.82) is 5.26 Å². The number of hydrogen-bond acceptors (Lipinski definition) is 10. The molecule has 0 bridgehead atoms.